The molecule has 0 saturated carbocycles. The van der Waals surface area contributed by atoms with Crippen LogP contribution < -0.4 is 9.64 Å². The van der Waals surface area contributed by atoms with Crippen LogP contribution in [-0.4, -0.2) is 50.1 Å². The molecule has 3 aromatic heterocycles. The molecule has 0 bridgehead atoms. The number of benzene rings is 1. The summed E-state index contributed by atoms with van der Waals surface area (Å²) in [4.78, 5) is 12.0. The summed E-state index contributed by atoms with van der Waals surface area (Å²) in [5.74, 6) is 2.47. The van der Waals surface area contributed by atoms with Gasteiger partial charge in [0.05, 0.1) is 28.1 Å². The molecule has 8 nitrogen and oxygen atoms in total. The lowest BCUT2D eigenvalue weighted by molar-refractivity contribution is 0.0347. The first-order valence-electron chi connectivity index (χ1n) is 11.4. The monoisotopic (exact) mass is 445 g/mol. The highest BCUT2D eigenvalue weighted by molar-refractivity contribution is 5.94. The summed E-state index contributed by atoms with van der Waals surface area (Å²) in [5, 5.41) is 14.6. The van der Waals surface area contributed by atoms with Gasteiger partial charge in [0.2, 0.25) is 5.95 Å². The molecule has 0 radical (unpaired) electrons. The summed E-state index contributed by atoms with van der Waals surface area (Å²) in [5.41, 5.74) is 4.92. The minimum atomic E-state index is -0.629. The van der Waals surface area contributed by atoms with E-state index in [9.17, 15) is 5.11 Å². The largest absolute Gasteiger partial charge is 0.488 e. The van der Waals surface area contributed by atoms with Crippen molar-refractivity contribution in [2.75, 3.05) is 24.6 Å². The summed E-state index contributed by atoms with van der Waals surface area (Å²) >= 11 is 0. The maximum atomic E-state index is 10.5. The van der Waals surface area contributed by atoms with E-state index >= 15 is 0 Å². The van der Waals surface area contributed by atoms with Gasteiger partial charge in [0.25, 0.3) is 0 Å². The second-order valence-electron chi connectivity index (χ2n) is 9.36. The van der Waals surface area contributed by atoms with E-state index in [0.29, 0.717) is 19.4 Å². The highest BCUT2D eigenvalue weighted by Gasteiger charge is 2.35. The Morgan fingerprint density at radius 3 is 2.64 bits per heavy atom. The number of aromatic nitrogens is 4. The first-order chi connectivity index (χ1) is 15.9. The van der Waals surface area contributed by atoms with Gasteiger partial charge in [-0.1, -0.05) is 11.2 Å². The van der Waals surface area contributed by atoms with Crippen LogP contribution in [0.15, 0.2) is 41.1 Å². The number of nitrogens with zero attached hydrogens (tertiary/aromatic N) is 5. The van der Waals surface area contributed by atoms with Crippen molar-refractivity contribution >= 4 is 17.0 Å². The molecule has 1 saturated heterocycles. The highest BCUT2D eigenvalue weighted by Crippen LogP contribution is 2.46. The Bertz CT molecular complexity index is 1310. The van der Waals surface area contributed by atoms with Crippen molar-refractivity contribution in [1.82, 2.24) is 19.7 Å². The number of ether oxygens (including phenoxy) is 1. The molecular weight excluding hydrogens is 418 g/mol. The summed E-state index contributed by atoms with van der Waals surface area (Å²) in [6.07, 6.45) is 3.23. The van der Waals surface area contributed by atoms with Gasteiger partial charge in [0.1, 0.15) is 23.9 Å². The fourth-order valence-corrected chi connectivity index (χ4v) is 5.09. The van der Waals surface area contributed by atoms with Crippen LogP contribution in [0.2, 0.25) is 0 Å². The second kappa shape index (κ2) is 7.31. The molecule has 8 heteroatoms. The topological polar surface area (TPSA) is 89.4 Å². The molecule has 1 N–H and O–H groups in total. The summed E-state index contributed by atoms with van der Waals surface area (Å²) in [6, 6.07) is 9.96. The van der Waals surface area contributed by atoms with Gasteiger partial charge in [-0.15, -0.1) is 0 Å². The molecule has 5 heterocycles. The van der Waals surface area contributed by atoms with Crippen molar-refractivity contribution in [3.05, 3.63) is 53.7 Å². The first kappa shape index (κ1) is 20.2. The maximum Gasteiger partial charge on any atom is 0.207 e. The minimum absolute atomic E-state index is 0.0962. The molecule has 1 aromatic carbocycles. The van der Waals surface area contributed by atoms with Crippen molar-refractivity contribution in [3.63, 3.8) is 0 Å². The van der Waals surface area contributed by atoms with Crippen molar-refractivity contribution < 1.29 is 14.4 Å². The molecule has 1 atom stereocenters. The minimum Gasteiger partial charge on any atom is -0.488 e. The van der Waals surface area contributed by atoms with Gasteiger partial charge < -0.3 is 19.3 Å². The van der Waals surface area contributed by atoms with Gasteiger partial charge in [-0.05, 0) is 57.9 Å². The summed E-state index contributed by atoms with van der Waals surface area (Å²) in [6.45, 7) is 7.73. The molecule has 1 fully saturated rings. The molecule has 2 aliphatic rings. The third-order valence-electron chi connectivity index (χ3n) is 6.94. The fourth-order valence-electron chi connectivity index (χ4n) is 5.09. The van der Waals surface area contributed by atoms with E-state index in [4.69, 9.17) is 14.2 Å². The van der Waals surface area contributed by atoms with Crippen molar-refractivity contribution in [2.45, 2.75) is 45.3 Å². The molecule has 2 aliphatic heterocycles. The molecule has 4 aromatic rings. The molecule has 0 aliphatic carbocycles. The van der Waals surface area contributed by atoms with E-state index in [1.54, 1.807) is 0 Å². The van der Waals surface area contributed by atoms with Crippen LogP contribution in [0.3, 0.4) is 0 Å². The average Bonchev–Trinajstić information content (AvgIpc) is 3.36. The lowest BCUT2D eigenvalue weighted by Crippen LogP contribution is -2.44. The second-order valence-corrected chi connectivity index (χ2v) is 9.36. The van der Waals surface area contributed by atoms with Gasteiger partial charge >= 0.3 is 0 Å². The first-order valence-corrected chi connectivity index (χ1v) is 11.4. The van der Waals surface area contributed by atoms with E-state index in [0.717, 1.165) is 64.1 Å². The van der Waals surface area contributed by atoms with Gasteiger partial charge in [-0.25, -0.2) is 4.98 Å². The molecule has 6 rings (SSSR count). The van der Waals surface area contributed by atoms with Crippen LogP contribution >= 0.6 is 0 Å². The van der Waals surface area contributed by atoms with Crippen LogP contribution in [-0.2, 0) is 0 Å². The van der Waals surface area contributed by atoms with Crippen LogP contribution in [0, 0.1) is 13.8 Å². The van der Waals surface area contributed by atoms with E-state index in [-0.39, 0.29) is 6.04 Å². The number of anilines is 1. The van der Waals surface area contributed by atoms with E-state index in [1.807, 2.05) is 57.3 Å². The van der Waals surface area contributed by atoms with E-state index < -0.39 is 5.60 Å². The predicted molar refractivity (Wildman–Crippen MR) is 125 cm³/mol. The van der Waals surface area contributed by atoms with Gasteiger partial charge in [0.15, 0.2) is 5.75 Å². The molecule has 0 amide bonds. The Balaban J connectivity index is 1.57. The Kier molecular flexibility index (Phi) is 4.48. The zero-order chi connectivity index (χ0) is 22.7. The highest BCUT2D eigenvalue weighted by atomic mass is 16.5. The number of pyridine rings is 1. The number of aryl methyl sites for hydroxylation is 2. The molecule has 0 unspecified atom stereocenters. The van der Waals surface area contributed by atoms with Crippen LogP contribution in [0.4, 0.5) is 5.95 Å². The molecule has 0 spiro atoms. The zero-order valence-electron chi connectivity index (χ0n) is 19.1. The van der Waals surface area contributed by atoms with Gasteiger partial charge in [-0.3, -0.25) is 9.55 Å². The summed E-state index contributed by atoms with van der Waals surface area (Å²) < 4.78 is 14.2. The number of rotatable bonds is 3. The Labute approximate surface area is 191 Å². The Morgan fingerprint density at radius 2 is 1.94 bits per heavy atom. The fraction of sp³-hybridized carbons (Fsp3) is 0.400. The van der Waals surface area contributed by atoms with Crippen LogP contribution in [0.5, 0.6) is 5.75 Å². The standard InChI is InChI=1S/C25H27N5O3/c1-15-21(16(2)33-28-15)17-7-8-19-22-23(17)32-14-20(18-6-4-5-11-26-18)30(22)24(27-19)29-12-9-25(3,31)10-13-29/h4-8,11,20,31H,9-10,12-14H2,1-3H3/t20-/m1/s1. The number of aliphatic hydroxyl groups is 1. The molecular formula is C25H27N5O3. The quantitative estimate of drug-likeness (QED) is 0.509. The van der Waals surface area contributed by atoms with Crippen LogP contribution in [0.1, 0.15) is 43.0 Å². The normalized spacial score (nSPS) is 19.6. The third-order valence-corrected chi connectivity index (χ3v) is 6.94. The smallest absolute Gasteiger partial charge is 0.207 e. The Hall–Kier alpha value is -3.39. The van der Waals surface area contributed by atoms with Crippen LogP contribution in [0.25, 0.3) is 22.2 Å². The zero-order valence-corrected chi connectivity index (χ0v) is 19.1. The SMILES string of the molecule is Cc1noc(C)c1-c1ccc2nc(N3CCC(C)(O)CC3)n3c2c1OC[C@@H]3c1ccccn1. The third kappa shape index (κ3) is 3.20. The number of piperidine rings is 1. The Morgan fingerprint density at radius 1 is 1.12 bits per heavy atom. The molecule has 170 valence electrons. The van der Waals surface area contributed by atoms with Gasteiger partial charge in [0, 0.05) is 24.8 Å². The number of imidazole rings is 1. The van der Waals surface area contributed by atoms with Crippen molar-refractivity contribution in [3.8, 4) is 16.9 Å². The lowest BCUT2D eigenvalue weighted by Gasteiger charge is -2.38. The van der Waals surface area contributed by atoms with Gasteiger partial charge in [-0.2, -0.15) is 0 Å². The van der Waals surface area contributed by atoms with Crippen molar-refractivity contribution in [2.24, 2.45) is 0 Å². The molecule has 33 heavy (non-hydrogen) atoms. The van der Waals surface area contributed by atoms with E-state index in [1.165, 1.54) is 0 Å². The van der Waals surface area contributed by atoms with Crippen molar-refractivity contribution in [1.29, 1.82) is 0 Å². The van der Waals surface area contributed by atoms with E-state index in [2.05, 4.69) is 19.6 Å². The average molecular weight is 446 g/mol. The predicted octanol–water partition coefficient (Wildman–Crippen LogP) is 4.04. The number of hydrogen-bond donors (Lipinski definition) is 1. The lowest BCUT2D eigenvalue weighted by atomic mass is 9.94. The summed E-state index contributed by atoms with van der Waals surface area (Å²) in [7, 11) is 0. The number of hydrogen-bond acceptors (Lipinski definition) is 7. The maximum absolute atomic E-state index is 10.5.